The lowest BCUT2D eigenvalue weighted by atomic mass is 10.2. The predicted octanol–water partition coefficient (Wildman–Crippen LogP) is 0.725. The van der Waals surface area contributed by atoms with Crippen LogP contribution < -0.4 is 5.32 Å². The maximum absolute atomic E-state index is 12.1. The van der Waals surface area contributed by atoms with Gasteiger partial charge in [0.2, 0.25) is 5.91 Å². The Morgan fingerprint density at radius 2 is 2.17 bits per heavy atom. The highest BCUT2D eigenvalue weighted by atomic mass is 32.1. The Hall–Kier alpha value is -1.40. The number of nitrogens with one attached hydrogen (secondary N) is 1. The molecule has 1 aromatic heterocycles. The Morgan fingerprint density at radius 1 is 1.44 bits per heavy atom. The third kappa shape index (κ3) is 3.08. The van der Waals surface area contributed by atoms with Crippen LogP contribution in [0.25, 0.3) is 0 Å². The molecular weight excluding hydrogens is 252 g/mol. The number of carbonyl (C=O) groups is 2. The van der Waals surface area contributed by atoms with Gasteiger partial charge in [-0.1, -0.05) is 6.07 Å². The van der Waals surface area contributed by atoms with E-state index in [1.165, 1.54) is 11.3 Å². The largest absolute Gasteiger partial charge is 0.378 e. The Kier molecular flexibility index (Phi) is 4.33. The second kappa shape index (κ2) is 5.97. The fourth-order valence-electron chi connectivity index (χ4n) is 1.79. The van der Waals surface area contributed by atoms with Gasteiger partial charge >= 0.3 is 0 Å². The molecule has 5 nitrogen and oxygen atoms in total. The van der Waals surface area contributed by atoms with E-state index in [0.29, 0.717) is 31.2 Å². The fourth-order valence-corrected chi connectivity index (χ4v) is 2.42. The standard InChI is InChI=1S/C12H16N2O3S/c1-9(12(16)14-4-6-17-7-5-14)13-11(15)10-3-2-8-18-10/h2-3,8-9H,4-7H2,1H3,(H,13,15)/t9-/m1/s1. The van der Waals surface area contributed by atoms with Crippen molar-refractivity contribution < 1.29 is 14.3 Å². The summed E-state index contributed by atoms with van der Waals surface area (Å²) >= 11 is 1.36. The predicted molar refractivity (Wildman–Crippen MR) is 68.6 cm³/mol. The van der Waals surface area contributed by atoms with E-state index in [0.717, 1.165) is 0 Å². The highest BCUT2D eigenvalue weighted by Crippen LogP contribution is 2.09. The molecule has 1 aliphatic heterocycles. The summed E-state index contributed by atoms with van der Waals surface area (Å²) in [6.45, 7) is 4.04. The molecule has 0 aromatic carbocycles. The molecule has 1 N–H and O–H groups in total. The second-order valence-electron chi connectivity index (χ2n) is 4.11. The van der Waals surface area contributed by atoms with Crippen molar-refractivity contribution in [1.29, 1.82) is 0 Å². The number of nitrogens with zero attached hydrogens (tertiary/aromatic N) is 1. The molecule has 1 aromatic rings. The van der Waals surface area contributed by atoms with Crippen molar-refractivity contribution in [3.63, 3.8) is 0 Å². The minimum Gasteiger partial charge on any atom is -0.378 e. The zero-order chi connectivity index (χ0) is 13.0. The molecule has 1 atom stereocenters. The Labute approximate surface area is 110 Å². The molecule has 1 fully saturated rings. The first-order valence-electron chi connectivity index (χ1n) is 5.89. The summed E-state index contributed by atoms with van der Waals surface area (Å²) in [4.78, 5) is 26.2. The van der Waals surface area contributed by atoms with Crippen LogP contribution in [-0.4, -0.2) is 49.1 Å². The molecular formula is C12H16N2O3S. The highest BCUT2D eigenvalue weighted by Gasteiger charge is 2.24. The van der Waals surface area contributed by atoms with Gasteiger partial charge < -0.3 is 15.0 Å². The first-order valence-corrected chi connectivity index (χ1v) is 6.77. The Bertz CT molecular complexity index is 413. The number of carbonyl (C=O) groups excluding carboxylic acids is 2. The van der Waals surface area contributed by atoms with Crippen molar-refractivity contribution in [1.82, 2.24) is 10.2 Å². The molecule has 0 saturated carbocycles. The van der Waals surface area contributed by atoms with Crippen molar-refractivity contribution in [2.24, 2.45) is 0 Å². The van der Waals surface area contributed by atoms with E-state index in [9.17, 15) is 9.59 Å². The van der Waals surface area contributed by atoms with Crippen LogP contribution in [0.1, 0.15) is 16.6 Å². The molecule has 0 spiro atoms. The Balaban J connectivity index is 1.88. The monoisotopic (exact) mass is 268 g/mol. The van der Waals surface area contributed by atoms with Crippen LogP contribution in [0.5, 0.6) is 0 Å². The van der Waals surface area contributed by atoms with Crippen molar-refractivity contribution in [3.8, 4) is 0 Å². The van der Waals surface area contributed by atoms with Crippen LogP contribution in [-0.2, 0) is 9.53 Å². The molecule has 98 valence electrons. The lowest BCUT2D eigenvalue weighted by Crippen LogP contribution is -2.50. The number of amides is 2. The van der Waals surface area contributed by atoms with Crippen molar-refractivity contribution >= 4 is 23.2 Å². The van der Waals surface area contributed by atoms with E-state index in [4.69, 9.17) is 4.74 Å². The smallest absolute Gasteiger partial charge is 0.261 e. The highest BCUT2D eigenvalue weighted by molar-refractivity contribution is 7.12. The van der Waals surface area contributed by atoms with Gasteiger partial charge in [0.15, 0.2) is 0 Å². The van der Waals surface area contributed by atoms with Crippen LogP contribution >= 0.6 is 11.3 Å². The van der Waals surface area contributed by atoms with Crippen LogP contribution in [0.4, 0.5) is 0 Å². The summed E-state index contributed by atoms with van der Waals surface area (Å²) in [6, 6.07) is 3.05. The lowest BCUT2D eigenvalue weighted by Gasteiger charge is -2.29. The molecule has 0 bridgehead atoms. The average molecular weight is 268 g/mol. The third-order valence-electron chi connectivity index (χ3n) is 2.79. The van der Waals surface area contributed by atoms with Crippen molar-refractivity contribution in [3.05, 3.63) is 22.4 Å². The molecule has 2 amide bonds. The van der Waals surface area contributed by atoms with Gasteiger partial charge in [0, 0.05) is 13.1 Å². The zero-order valence-electron chi connectivity index (χ0n) is 10.2. The summed E-state index contributed by atoms with van der Waals surface area (Å²) in [6.07, 6.45) is 0. The summed E-state index contributed by atoms with van der Waals surface area (Å²) in [5.41, 5.74) is 0. The van der Waals surface area contributed by atoms with E-state index < -0.39 is 6.04 Å². The maximum atomic E-state index is 12.1. The first kappa shape index (κ1) is 13.0. The minimum absolute atomic E-state index is 0.0526. The number of thiophene rings is 1. The normalized spacial score (nSPS) is 17.3. The molecule has 0 unspecified atom stereocenters. The third-order valence-corrected chi connectivity index (χ3v) is 3.65. The van der Waals surface area contributed by atoms with Crippen LogP contribution in [0.15, 0.2) is 17.5 Å². The van der Waals surface area contributed by atoms with Crippen LogP contribution in [0.3, 0.4) is 0 Å². The minimum atomic E-state index is -0.502. The van der Waals surface area contributed by atoms with Gasteiger partial charge in [-0.15, -0.1) is 11.3 Å². The van der Waals surface area contributed by atoms with Crippen molar-refractivity contribution in [2.45, 2.75) is 13.0 Å². The molecule has 0 radical (unpaired) electrons. The fraction of sp³-hybridized carbons (Fsp3) is 0.500. The van der Waals surface area contributed by atoms with Gasteiger partial charge in [-0.2, -0.15) is 0 Å². The Morgan fingerprint density at radius 3 is 2.78 bits per heavy atom. The van der Waals surface area contributed by atoms with E-state index >= 15 is 0 Å². The molecule has 1 saturated heterocycles. The summed E-state index contributed by atoms with van der Waals surface area (Å²) < 4.78 is 5.19. The zero-order valence-corrected chi connectivity index (χ0v) is 11.0. The topological polar surface area (TPSA) is 58.6 Å². The molecule has 18 heavy (non-hydrogen) atoms. The van der Waals surface area contributed by atoms with Gasteiger partial charge in [0.25, 0.3) is 5.91 Å². The average Bonchev–Trinajstić information content (AvgIpc) is 2.92. The SMILES string of the molecule is C[C@@H](NC(=O)c1cccs1)C(=O)N1CCOCC1. The number of ether oxygens (including phenoxy) is 1. The van der Waals surface area contributed by atoms with E-state index in [2.05, 4.69) is 5.32 Å². The number of hydrogen-bond acceptors (Lipinski definition) is 4. The molecule has 2 heterocycles. The van der Waals surface area contributed by atoms with Crippen molar-refractivity contribution in [2.75, 3.05) is 26.3 Å². The number of rotatable bonds is 3. The lowest BCUT2D eigenvalue weighted by molar-refractivity contribution is -0.136. The van der Waals surface area contributed by atoms with E-state index in [1.807, 2.05) is 11.4 Å². The maximum Gasteiger partial charge on any atom is 0.261 e. The molecule has 2 rings (SSSR count). The number of hydrogen-bond donors (Lipinski definition) is 1. The van der Waals surface area contributed by atoms with Gasteiger partial charge in [-0.25, -0.2) is 0 Å². The van der Waals surface area contributed by atoms with E-state index in [1.54, 1.807) is 17.9 Å². The van der Waals surface area contributed by atoms with Crippen LogP contribution in [0.2, 0.25) is 0 Å². The molecule has 6 heteroatoms. The summed E-state index contributed by atoms with van der Waals surface area (Å²) in [7, 11) is 0. The summed E-state index contributed by atoms with van der Waals surface area (Å²) in [5.74, 6) is -0.248. The first-order chi connectivity index (χ1) is 8.68. The quantitative estimate of drug-likeness (QED) is 0.879. The van der Waals surface area contributed by atoms with E-state index in [-0.39, 0.29) is 11.8 Å². The molecule has 0 aliphatic carbocycles. The van der Waals surface area contributed by atoms with Gasteiger partial charge in [-0.05, 0) is 18.4 Å². The number of morpholine rings is 1. The van der Waals surface area contributed by atoms with Crippen LogP contribution in [0, 0.1) is 0 Å². The molecule has 1 aliphatic rings. The van der Waals surface area contributed by atoms with Gasteiger partial charge in [-0.3, -0.25) is 9.59 Å². The van der Waals surface area contributed by atoms with Gasteiger partial charge in [0.05, 0.1) is 18.1 Å². The second-order valence-corrected chi connectivity index (χ2v) is 5.06. The van der Waals surface area contributed by atoms with Gasteiger partial charge in [0.1, 0.15) is 6.04 Å². The summed E-state index contributed by atoms with van der Waals surface area (Å²) in [5, 5.41) is 4.56.